The molecule has 0 aliphatic carbocycles. The van der Waals surface area contributed by atoms with Gasteiger partial charge in [-0.2, -0.15) is 0 Å². The van der Waals surface area contributed by atoms with Crippen LogP contribution in [0.25, 0.3) is 0 Å². The van der Waals surface area contributed by atoms with E-state index in [1.165, 1.54) is 0 Å². The van der Waals surface area contributed by atoms with Gasteiger partial charge in [-0.25, -0.2) is 9.97 Å². The van der Waals surface area contributed by atoms with E-state index in [9.17, 15) is 0 Å². The molecule has 0 saturated heterocycles. The van der Waals surface area contributed by atoms with Gasteiger partial charge in [0.25, 0.3) is 0 Å². The van der Waals surface area contributed by atoms with Crippen molar-refractivity contribution in [3.63, 3.8) is 0 Å². The molecule has 4 heteroatoms. The van der Waals surface area contributed by atoms with Crippen LogP contribution in [0.4, 0.5) is 5.82 Å². The van der Waals surface area contributed by atoms with Crippen LogP contribution in [0.3, 0.4) is 0 Å². The summed E-state index contributed by atoms with van der Waals surface area (Å²) in [6, 6.07) is 2.02. The van der Waals surface area contributed by atoms with Crippen molar-refractivity contribution in [2.24, 2.45) is 0 Å². The Bertz CT molecular complexity index is 434. The maximum atomic E-state index is 6.03. The van der Waals surface area contributed by atoms with Gasteiger partial charge in [0, 0.05) is 25.1 Å². The molecule has 0 aliphatic rings. The lowest BCUT2D eigenvalue weighted by Gasteiger charge is -2.31. The van der Waals surface area contributed by atoms with E-state index in [2.05, 4.69) is 44.9 Å². The first-order valence-corrected chi connectivity index (χ1v) is 7.54. The second kappa shape index (κ2) is 6.53. The standard InChI is InChI=1S/C16H29N3O/c1-8-16(9-2,20-10-3)14-18-12(15(4,5)6)11-13(17-7)19-14/h11H,8-10H2,1-7H3,(H,17,18,19). The summed E-state index contributed by atoms with van der Waals surface area (Å²) in [7, 11) is 1.89. The Morgan fingerprint density at radius 3 is 2.10 bits per heavy atom. The number of hydrogen-bond donors (Lipinski definition) is 1. The molecule has 0 aromatic carbocycles. The van der Waals surface area contributed by atoms with Crippen LogP contribution in [0.5, 0.6) is 0 Å². The molecule has 0 aliphatic heterocycles. The first-order chi connectivity index (χ1) is 9.32. The van der Waals surface area contributed by atoms with Crippen LogP contribution < -0.4 is 5.32 Å². The van der Waals surface area contributed by atoms with Gasteiger partial charge in [0.1, 0.15) is 11.4 Å². The molecule has 0 fully saturated rings. The molecule has 1 rings (SSSR count). The average molecular weight is 279 g/mol. The van der Waals surface area contributed by atoms with E-state index >= 15 is 0 Å². The summed E-state index contributed by atoms with van der Waals surface area (Å²) in [5.41, 5.74) is 0.641. The second-order valence-corrected chi connectivity index (χ2v) is 6.10. The van der Waals surface area contributed by atoms with Crippen LogP contribution in [0.15, 0.2) is 6.07 Å². The van der Waals surface area contributed by atoms with Gasteiger partial charge in [-0.1, -0.05) is 34.6 Å². The van der Waals surface area contributed by atoms with Gasteiger partial charge in [-0.15, -0.1) is 0 Å². The molecule has 0 atom stereocenters. The van der Waals surface area contributed by atoms with Gasteiger partial charge >= 0.3 is 0 Å². The topological polar surface area (TPSA) is 47.0 Å². The Hall–Kier alpha value is -1.16. The third-order valence-corrected chi connectivity index (χ3v) is 3.72. The fourth-order valence-electron chi connectivity index (χ4n) is 2.27. The zero-order valence-corrected chi connectivity index (χ0v) is 14.0. The van der Waals surface area contributed by atoms with Crippen molar-refractivity contribution in [2.75, 3.05) is 19.0 Å². The molecule has 0 amide bonds. The summed E-state index contributed by atoms with van der Waals surface area (Å²) in [4.78, 5) is 9.46. The molecule has 0 unspecified atom stereocenters. The van der Waals surface area contributed by atoms with Gasteiger partial charge in [0.15, 0.2) is 5.82 Å². The first kappa shape index (κ1) is 16.9. The van der Waals surface area contributed by atoms with E-state index in [-0.39, 0.29) is 11.0 Å². The van der Waals surface area contributed by atoms with Crippen molar-refractivity contribution in [1.82, 2.24) is 9.97 Å². The molecule has 20 heavy (non-hydrogen) atoms. The number of nitrogens with zero attached hydrogens (tertiary/aromatic N) is 2. The SMILES string of the molecule is CCOC(CC)(CC)c1nc(NC)cc(C(C)(C)C)n1. The summed E-state index contributed by atoms with van der Waals surface area (Å²) in [5.74, 6) is 1.65. The molecule has 1 N–H and O–H groups in total. The summed E-state index contributed by atoms with van der Waals surface area (Å²) < 4.78 is 6.03. The Morgan fingerprint density at radius 2 is 1.70 bits per heavy atom. The highest BCUT2D eigenvalue weighted by atomic mass is 16.5. The highest BCUT2D eigenvalue weighted by Crippen LogP contribution is 2.33. The van der Waals surface area contributed by atoms with Crippen LogP contribution in [0, 0.1) is 0 Å². The Kier molecular flexibility index (Phi) is 5.51. The fraction of sp³-hybridized carbons (Fsp3) is 0.750. The van der Waals surface area contributed by atoms with Gasteiger partial charge in [-0.3, -0.25) is 0 Å². The zero-order chi connectivity index (χ0) is 15.4. The molecule has 0 spiro atoms. The molecule has 4 nitrogen and oxygen atoms in total. The highest BCUT2D eigenvalue weighted by molar-refractivity contribution is 5.38. The van der Waals surface area contributed by atoms with Crippen LogP contribution in [-0.2, 0) is 15.8 Å². The predicted octanol–water partition coefficient (Wildman–Crippen LogP) is 3.87. The van der Waals surface area contributed by atoms with E-state index < -0.39 is 0 Å². The highest BCUT2D eigenvalue weighted by Gasteiger charge is 2.34. The van der Waals surface area contributed by atoms with Crippen LogP contribution in [0.2, 0.25) is 0 Å². The van der Waals surface area contributed by atoms with Gasteiger partial charge in [0.05, 0.1) is 5.69 Å². The normalized spacial score (nSPS) is 12.6. The molecule has 1 heterocycles. The first-order valence-electron chi connectivity index (χ1n) is 7.54. The molecule has 114 valence electrons. The van der Waals surface area contributed by atoms with Gasteiger partial charge in [0.2, 0.25) is 0 Å². The number of anilines is 1. The van der Waals surface area contributed by atoms with E-state index in [1.54, 1.807) is 0 Å². The largest absolute Gasteiger partial charge is 0.373 e. The molecule has 1 aromatic rings. The minimum absolute atomic E-state index is 0.0112. The number of ether oxygens (including phenoxy) is 1. The molecular weight excluding hydrogens is 250 g/mol. The Balaban J connectivity index is 3.41. The van der Waals surface area contributed by atoms with Crippen molar-refractivity contribution in [2.45, 2.75) is 65.4 Å². The second-order valence-electron chi connectivity index (χ2n) is 6.10. The Morgan fingerprint density at radius 1 is 1.10 bits per heavy atom. The van der Waals surface area contributed by atoms with E-state index in [0.717, 1.165) is 30.2 Å². The third-order valence-electron chi connectivity index (χ3n) is 3.72. The maximum absolute atomic E-state index is 6.03. The summed E-state index contributed by atoms with van der Waals surface area (Å²) in [6.07, 6.45) is 1.74. The van der Waals surface area contributed by atoms with Crippen molar-refractivity contribution in [3.8, 4) is 0 Å². The minimum Gasteiger partial charge on any atom is -0.373 e. The van der Waals surface area contributed by atoms with Crippen molar-refractivity contribution < 1.29 is 4.74 Å². The summed E-state index contributed by atoms with van der Waals surface area (Å²) >= 11 is 0. The molecule has 0 bridgehead atoms. The average Bonchev–Trinajstić information content (AvgIpc) is 2.43. The molecular formula is C16H29N3O. The number of hydrogen-bond acceptors (Lipinski definition) is 4. The lowest BCUT2D eigenvalue weighted by molar-refractivity contribution is -0.0572. The van der Waals surface area contributed by atoms with E-state index in [0.29, 0.717) is 6.61 Å². The number of rotatable bonds is 6. The van der Waals surface area contributed by atoms with E-state index in [1.807, 2.05) is 20.0 Å². The van der Waals surface area contributed by atoms with Crippen LogP contribution in [-0.4, -0.2) is 23.6 Å². The smallest absolute Gasteiger partial charge is 0.162 e. The van der Waals surface area contributed by atoms with Crippen LogP contribution in [0.1, 0.15) is 65.9 Å². The zero-order valence-electron chi connectivity index (χ0n) is 14.0. The molecule has 0 saturated carbocycles. The minimum atomic E-state index is -0.387. The van der Waals surface area contributed by atoms with Gasteiger partial charge < -0.3 is 10.1 Å². The Labute approximate surface area is 123 Å². The number of nitrogens with one attached hydrogen (secondary N) is 1. The summed E-state index contributed by atoms with van der Waals surface area (Å²) in [6.45, 7) is 13.4. The quantitative estimate of drug-likeness (QED) is 0.858. The van der Waals surface area contributed by atoms with Crippen molar-refractivity contribution in [1.29, 1.82) is 0 Å². The maximum Gasteiger partial charge on any atom is 0.162 e. The lowest BCUT2D eigenvalue weighted by Crippen LogP contribution is -2.32. The summed E-state index contributed by atoms with van der Waals surface area (Å²) in [5, 5.41) is 3.14. The molecule has 1 aromatic heterocycles. The third kappa shape index (κ3) is 3.48. The number of aromatic nitrogens is 2. The fourth-order valence-corrected chi connectivity index (χ4v) is 2.27. The van der Waals surface area contributed by atoms with Crippen molar-refractivity contribution >= 4 is 5.82 Å². The predicted molar refractivity (Wildman–Crippen MR) is 84.2 cm³/mol. The lowest BCUT2D eigenvalue weighted by atomic mass is 9.90. The van der Waals surface area contributed by atoms with Gasteiger partial charge in [-0.05, 0) is 19.8 Å². The van der Waals surface area contributed by atoms with E-state index in [4.69, 9.17) is 9.72 Å². The monoisotopic (exact) mass is 279 g/mol. The van der Waals surface area contributed by atoms with Crippen molar-refractivity contribution in [3.05, 3.63) is 17.6 Å². The molecule has 0 radical (unpaired) electrons. The van der Waals surface area contributed by atoms with Crippen LogP contribution >= 0.6 is 0 Å².